The molecule has 0 bridgehead atoms. The van der Waals surface area contributed by atoms with E-state index in [-0.39, 0.29) is 6.61 Å². The zero-order valence-corrected chi connectivity index (χ0v) is 10.9. The molecule has 0 aliphatic rings. The van der Waals surface area contributed by atoms with Crippen LogP contribution in [0.25, 0.3) is 0 Å². The van der Waals surface area contributed by atoms with Gasteiger partial charge in [-0.05, 0) is 31.0 Å². The van der Waals surface area contributed by atoms with E-state index < -0.39 is 12.8 Å². The van der Waals surface area contributed by atoms with Crippen molar-refractivity contribution in [3.05, 3.63) is 23.8 Å². The van der Waals surface area contributed by atoms with E-state index in [1.165, 1.54) is 11.8 Å². The summed E-state index contributed by atoms with van der Waals surface area (Å²) < 4.78 is 39.9. The molecule has 0 saturated carbocycles. The van der Waals surface area contributed by atoms with Gasteiger partial charge in [0.1, 0.15) is 6.61 Å². The van der Waals surface area contributed by atoms with Crippen molar-refractivity contribution in [2.45, 2.75) is 24.4 Å². The molecular formula is C12H16F3NOS. The maximum Gasteiger partial charge on any atom is 0.411 e. The summed E-state index contributed by atoms with van der Waals surface area (Å²) in [5, 5.41) is 0. The second-order valence-electron chi connectivity index (χ2n) is 3.91. The van der Waals surface area contributed by atoms with Gasteiger partial charge < -0.3 is 10.5 Å². The molecule has 0 saturated heterocycles. The van der Waals surface area contributed by atoms with E-state index >= 15 is 0 Å². The van der Waals surface area contributed by atoms with Crippen LogP contribution in [0.1, 0.15) is 12.0 Å². The number of benzene rings is 1. The predicted molar refractivity (Wildman–Crippen MR) is 67.8 cm³/mol. The third-order valence-corrected chi connectivity index (χ3v) is 3.28. The molecule has 0 atom stereocenters. The van der Waals surface area contributed by atoms with Crippen molar-refractivity contribution in [3.8, 4) is 0 Å². The molecule has 6 heteroatoms. The average molecular weight is 279 g/mol. The van der Waals surface area contributed by atoms with E-state index in [2.05, 4.69) is 4.74 Å². The number of nitrogens with two attached hydrogens (primary N) is 1. The first-order chi connectivity index (χ1) is 8.38. The van der Waals surface area contributed by atoms with Crippen LogP contribution in [0.2, 0.25) is 0 Å². The number of aryl methyl sites for hydroxylation is 1. The van der Waals surface area contributed by atoms with Crippen LogP contribution in [0, 0.1) is 6.92 Å². The lowest BCUT2D eigenvalue weighted by atomic mass is 10.2. The Kier molecular flexibility index (Phi) is 5.81. The van der Waals surface area contributed by atoms with Crippen LogP contribution in [-0.2, 0) is 4.74 Å². The van der Waals surface area contributed by atoms with Crippen molar-refractivity contribution in [3.63, 3.8) is 0 Å². The molecule has 0 aliphatic carbocycles. The van der Waals surface area contributed by atoms with Crippen LogP contribution in [0.4, 0.5) is 18.9 Å². The number of nitrogen functional groups attached to an aromatic ring is 1. The fourth-order valence-corrected chi connectivity index (χ4v) is 2.28. The van der Waals surface area contributed by atoms with Gasteiger partial charge in [0, 0.05) is 22.9 Å². The lowest BCUT2D eigenvalue weighted by Crippen LogP contribution is -2.17. The Morgan fingerprint density at radius 1 is 1.33 bits per heavy atom. The first kappa shape index (κ1) is 15.2. The smallest absolute Gasteiger partial charge is 0.398 e. The molecule has 1 aromatic rings. The van der Waals surface area contributed by atoms with Gasteiger partial charge in [0.05, 0.1) is 0 Å². The number of hydrogen-bond donors (Lipinski definition) is 1. The molecule has 1 aromatic carbocycles. The fourth-order valence-electron chi connectivity index (χ4n) is 1.30. The summed E-state index contributed by atoms with van der Waals surface area (Å²) in [6.45, 7) is 0.901. The number of rotatable bonds is 6. The highest BCUT2D eigenvalue weighted by Crippen LogP contribution is 2.26. The molecular weight excluding hydrogens is 263 g/mol. The standard InChI is InChI=1S/C12H16F3NOS/c1-9-3-4-10(16)11(7-9)18-6-2-5-17-8-12(13,14)15/h3-4,7H,2,5-6,8,16H2,1H3. The summed E-state index contributed by atoms with van der Waals surface area (Å²) in [5.41, 5.74) is 7.59. The van der Waals surface area contributed by atoms with Crippen LogP contribution >= 0.6 is 11.8 Å². The third-order valence-electron chi connectivity index (χ3n) is 2.13. The van der Waals surface area contributed by atoms with E-state index in [4.69, 9.17) is 5.73 Å². The molecule has 0 amide bonds. The van der Waals surface area contributed by atoms with Crippen molar-refractivity contribution in [1.29, 1.82) is 0 Å². The molecule has 0 aliphatic heterocycles. The minimum absolute atomic E-state index is 0.109. The van der Waals surface area contributed by atoms with Crippen LogP contribution < -0.4 is 5.73 Å². The van der Waals surface area contributed by atoms with Crippen molar-refractivity contribution in [2.75, 3.05) is 24.7 Å². The monoisotopic (exact) mass is 279 g/mol. The summed E-state index contributed by atoms with van der Waals surface area (Å²) in [6, 6.07) is 5.72. The topological polar surface area (TPSA) is 35.2 Å². The van der Waals surface area contributed by atoms with E-state index in [9.17, 15) is 13.2 Å². The number of ether oxygens (including phenoxy) is 1. The van der Waals surface area contributed by atoms with Gasteiger partial charge in [-0.15, -0.1) is 11.8 Å². The van der Waals surface area contributed by atoms with Crippen LogP contribution in [0.3, 0.4) is 0 Å². The summed E-state index contributed by atoms with van der Waals surface area (Å²) in [6.07, 6.45) is -3.68. The maximum absolute atomic E-state index is 11.8. The van der Waals surface area contributed by atoms with Gasteiger partial charge in [-0.2, -0.15) is 13.2 Å². The van der Waals surface area contributed by atoms with Gasteiger partial charge in [0.15, 0.2) is 0 Å². The van der Waals surface area contributed by atoms with Gasteiger partial charge in [-0.3, -0.25) is 0 Å². The average Bonchev–Trinajstić information content (AvgIpc) is 2.26. The molecule has 0 aromatic heterocycles. The van der Waals surface area contributed by atoms with E-state index in [1.54, 1.807) is 0 Å². The Labute approximate surface area is 109 Å². The van der Waals surface area contributed by atoms with Gasteiger partial charge in [0.25, 0.3) is 0 Å². The molecule has 0 fully saturated rings. The molecule has 1 rings (SSSR count). The second-order valence-corrected chi connectivity index (χ2v) is 5.05. The third kappa shape index (κ3) is 6.16. The van der Waals surface area contributed by atoms with Crippen molar-refractivity contribution >= 4 is 17.4 Å². The van der Waals surface area contributed by atoms with E-state index in [1.807, 2.05) is 25.1 Å². The largest absolute Gasteiger partial charge is 0.411 e. The Morgan fingerprint density at radius 3 is 2.72 bits per heavy atom. The lowest BCUT2D eigenvalue weighted by molar-refractivity contribution is -0.173. The van der Waals surface area contributed by atoms with Crippen LogP contribution in [0.5, 0.6) is 0 Å². The normalized spacial score (nSPS) is 11.8. The SMILES string of the molecule is Cc1ccc(N)c(SCCCOCC(F)(F)F)c1. The quantitative estimate of drug-likeness (QED) is 0.490. The summed E-state index contributed by atoms with van der Waals surface area (Å²) in [7, 11) is 0. The molecule has 0 spiro atoms. The molecule has 0 radical (unpaired) electrons. The van der Waals surface area contributed by atoms with E-state index in [0.29, 0.717) is 17.9 Å². The Morgan fingerprint density at radius 2 is 2.06 bits per heavy atom. The molecule has 2 nitrogen and oxygen atoms in total. The van der Waals surface area contributed by atoms with Crippen LogP contribution in [0.15, 0.2) is 23.1 Å². The first-order valence-corrected chi connectivity index (χ1v) is 6.50. The number of alkyl halides is 3. The number of anilines is 1. The van der Waals surface area contributed by atoms with Crippen molar-refractivity contribution in [1.82, 2.24) is 0 Å². The zero-order valence-electron chi connectivity index (χ0n) is 10.1. The fraction of sp³-hybridized carbons (Fsp3) is 0.500. The Balaban J connectivity index is 2.20. The molecule has 2 N–H and O–H groups in total. The highest BCUT2D eigenvalue weighted by atomic mass is 32.2. The molecule has 0 heterocycles. The van der Waals surface area contributed by atoms with Gasteiger partial charge in [-0.25, -0.2) is 0 Å². The Hall–Kier alpha value is -0.880. The molecule has 18 heavy (non-hydrogen) atoms. The number of halogens is 3. The minimum atomic E-state index is -4.24. The Bertz CT molecular complexity index is 382. The summed E-state index contributed by atoms with van der Waals surface area (Å²) >= 11 is 1.53. The maximum atomic E-state index is 11.8. The van der Waals surface area contributed by atoms with Gasteiger partial charge in [-0.1, -0.05) is 6.07 Å². The van der Waals surface area contributed by atoms with Gasteiger partial charge >= 0.3 is 6.18 Å². The summed E-state index contributed by atoms with van der Waals surface area (Å²) in [4.78, 5) is 0.964. The predicted octanol–water partition coefficient (Wildman–Crippen LogP) is 3.64. The van der Waals surface area contributed by atoms with Crippen molar-refractivity contribution < 1.29 is 17.9 Å². The highest BCUT2D eigenvalue weighted by molar-refractivity contribution is 7.99. The van der Waals surface area contributed by atoms with Crippen LogP contribution in [-0.4, -0.2) is 25.1 Å². The number of hydrogen-bond acceptors (Lipinski definition) is 3. The second kappa shape index (κ2) is 6.89. The highest BCUT2D eigenvalue weighted by Gasteiger charge is 2.27. The molecule has 102 valence electrons. The van der Waals surface area contributed by atoms with Crippen molar-refractivity contribution in [2.24, 2.45) is 0 Å². The zero-order chi connectivity index (χ0) is 13.6. The first-order valence-electron chi connectivity index (χ1n) is 5.52. The molecule has 0 unspecified atom stereocenters. The number of thioether (sulfide) groups is 1. The van der Waals surface area contributed by atoms with Gasteiger partial charge in [0.2, 0.25) is 0 Å². The van der Waals surface area contributed by atoms with E-state index in [0.717, 1.165) is 10.5 Å². The lowest BCUT2D eigenvalue weighted by Gasteiger charge is -2.08. The minimum Gasteiger partial charge on any atom is -0.398 e. The summed E-state index contributed by atoms with van der Waals surface area (Å²) in [5.74, 6) is 0.686.